The zero-order chi connectivity index (χ0) is 15.1. The maximum absolute atomic E-state index is 11.3. The van der Waals surface area contributed by atoms with Gasteiger partial charge in [-0.1, -0.05) is 23.2 Å². The molecule has 0 saturated carbocycles. The van der Waals surface area contributed by atoms with Gasteiger partial charge < -0.3 is 10.6 Å². The summed E-state index contributed by atoms with van der Waals surface area (Å²) in [6.45, 7) is 0. The monoisotopic (exact) mass is 310 g/mol. The molecule has 0 spiro atoms. The third-order valence-electron chi connectivity index (χ3n) is 2.08. The molecule has 0 aliphatic heterocycles. The van der Waals surface area contributed by atoms with Gasteiger partial charge in [0.15, 0.2) is 0 Å². The van der Waals surface area contributed by atoms with Crippen LogP contribution in [0.2, 0.25) is 10.0 Å². The average molecular weight is 311 g/mol. The number of carbonyl (C=O) groups is 2. The summed E-state index contributed by atoms with van der Waals surface area (Å²) in [5, 5.41) is 21.9. The Morgan fingerprint density at radius 3 is 1.60 bits per heavy atom. The summed E-state index contributed by atoms with van der Waals surface area (Å²) in [4.78, 5) is 22.6. The van der Waals surface area contributed by atoms with Crippen molar-refractivity contribution in [3.8, 4) is 12.1 Å². The molecule has 1 aromatic rings. The minimum absolute atomic E-state index is 0.146. The van der Waals surface area contributed by atoms with Gasteiger partial charge in [-0.3, -0.25) is 9.59 Å². The van der Waals surface area contributed by atoms with Crippen molar-refractivity contribution in [2.24, 2.45) is 0 Å². The predicted molar refractivity (Wildman–Crippen MR) is 74.2 cm³/mol. The van der Waals surface area contributed by atoms with E-state index in [-0.39, 0.29) is 34.3 Å². The number of anilines is 2. The van der Waals surface area contributed by atoms with Gasteiger partial charge in [-0.15, -0.1) is 0 Å². The zero-order valence-electron chi connectivity index (χ0n) is 10.0. The fraction of sp³-hybridized carbons (Fsp3) is 0.167. The first-order valence-corrected chi connectivity index (χ1v) is 6.06. The van der Waals surface area contributed by atoms with Crippen LogP contribution < -0.4 is 10.6 Å². The molecular weight excluding hydrogens is 303 g/mol. The Kier molecular flexibility index (Phi) is 5.79. The maximum Gasteiger partial charge on any atom is 0.238 e. The number of nitriles is 2. The van der Waals surface area contributed by atoms with Gasteiger partial charge in [0.25, 0.3) is 0 Å². The Bertz CT molecular complexity index is 576. The lowest BCUT2D eigenvalue weighted by atomic mass is 10.2. The van der Waals surface area contributed by atoms with Crippen LogP contribution >= 0.6 is 23.2 Å². The molecule has 0 bridgehead atoms. The second-order valence-electron chi connectivity index (χ2n) is 3.58. The van der Waals surface area contributed by atoms with Crippen LogP contribution in [0.15, 0.2) is 12.1 Å². The fourth-order valence-corrected chi connectivity index (χ4v) is 1.69. The lowest BCUT2D eigenvalue weighted by molar-refractivity contribution is -0.116. The van der Waals surface area contributed by atoms with E-state index in [1.807, 2.05) is 0 Å². The van der Waals surface area contributed by atoms with Crippen LogP contribution in [0.25, 0.3) is 0 Å². The zero-order valence-corrected chi connectivity index (χ0v) is 11.5. The molecule has 102 valence electrons. The van der Waals surface area contributed by atoms with Gasteiger partial charge >= 0.3 is 0 Å². The minimum Gasteiger partial charge on any atom is -0.324 e. The number of nitrogens with zero attached hydrogens (tertiary/aromatic N) is 2. The standard InChI is InChI=1S/C12H8Cl2N4O2/c13-7-6-10(18-12(20)2-4-16)8(14)5-9(7)17-11(19)1-3-15/h5-6H,1-2H2,(H,17,19)(H,18,20). The highest BCUT2D eigenvalue weighted by Gasteiger charge is 2.12. The molecular formula is C12H8Cl2N4O2. The summed E-state index contributed by atoms with van der Waals surface area (Å²) in [6.07, 6.45) is -0.622. The van der Waals surface area contributed by atoms with Crippen molar-refractivity contribution in [1.29, 1.82) is 10.5 Å². The van der Waals surface area contributed by atoms with Gasteiger partial charge in [0.1, 0.15) is 12.8 Å². The molecule has 8 heteroatoms. The number of carbonyl (C=O) groups excluding carboxylic acids is 2. The first-order valence-electron chi connectivity index (χ1n) is 5.30. The topological polar surface area (TPSA) is 106 Å². The first-order chi connectivity index (χ1) is 9.47. The smallest absolute Gasteiger partial charge is 0.238 e. The molecule has 2 N–H and O–H groups in total. The fourth-order valence-electron chi connectivity index (χ4n) is 1.27. The van der Waals surface area contributed by atoms with Crippen LogP contribution in [0.1, 0.15) is 12.8 Å². The van der Waals surface area contributed by atoms with Crippen molar-refractivity contribution in [1.82, 2.24) is 0 Å². The second-order valence-corrected chi connectivity index (χ2v) is 4.39. The van der Waals surface area contributed by atoms with E-state index in [0.717, 1.165) is 0 Å². The van der Waals surface area contributed by atoms with Gasteiger partial charge in [-0.2, -0.15) is 10.5 Å². The van der Waals surface area contributed by atoms with Crippen LogP contribution in [0, 0.1) is 22.7 Å². The largest absolute Gasteiger partial charge is 0.324 e. The lowest BCUT2D eigenvalue weighted by Crippen LogP contribution is -2.12. The molecule has 0 unspecified atom stereocenters. The van der Waals surface area contributed by atoms with Crippen LogP contribution in [0.5, 0.6) is 0 Å². The Labute approximate surface area is 124 Å². The van der Waals surface area contributed by atoms with Crippen LogP contribution in [-0.2, 0) is 9.59 Å². The Morgan fingerprint density at radius 1 is 0.950 bits per heavy atom. The van der Waals surface area contributed by atoms with Crippen LogP contribution in [0.4, 0.5) is 11.4 Å². The number of amides is 2. The summed E-state index contributed by atoms with van der Waals surface area (Å²) in [5.41, 5.74) is 0.463. The SMILES string of the molecule is N#CCC(=O)Nc1cc(Cl)c(NC(=O)CC#N)cc1Cl. The molecule has 2 amide bonds. The highest BCUT2D eigenvalue weighted by molar-refractivity contribution is 6.38. The Morgan fingerprint density at radius 2 is 1.30 bits per heavy atom. The van der Waals surface area contributed by atoms with E-state index in [0.29, 0.717) is 0 Å². The molecule has 1 rings (SSSR count). The summed E-state index contributed by atoms with van der Waals surface area (Å²) in [6, 6.07) is 6.09. The van der Waals surface area contributed by atoms with Crippen molar-refractivity contribution in [3.63, 3.8) is 0 Å². The van der Waals surface area contributed by atoms with E-state index in [9.17, 15) is 9.59 Å². The Hall–Kier alpha value is -2.28. The molecule has 20 heavy (non-hydrogen) atoms. The third kappa shape index (κ3) is 4.43. The van der Waals surface area contributed by atoms with Crippen molar-refractivity contribution < 1.29 is 9.59 Å². The van der Waals surface area contributed by atoms with Crippen molar-refractivity contribution in [2.75, 3.05) is 10.6 Å². The van der Waals surface area contributed by atoms with E-state index in [1.165, 1.54) is 12.1 Å². The van der Waals surface area contributed by atoms with Crippen LogP contribution in [-0.4, -0.2) is 11.8 Å². The van der Waals surface area contributed by atoms with Gasteiger partial charge in [0, 0.05) is 0 Å². The molecule has 0 radical (unpaired) electrons. The van der Waals surface area contributed by atoms with Gasteiger partial charge in [-0.25, -0.2) is 0 Å². The van der Waals surface area contributed by atoms with E-state index in [1.54, 1.807) is 12.1 Å². The summed E-state index contributed by atoms with van der Waals surface area (Å²) < 4.78 is 0. The highest BCUT2D eigenvalue weighted by Crippen LogP contribution is 2.32. The van der Waals surface area contributed by atoms with Crippen molar-refractivity contribution >= 4 is 46.4 Å². The van der Waals surface area contributed by atoms with Gasteiger partial charge in [0.2, 0.25) is 11.8 Å². The van der Waals surface area contributed by atoms with Crippen molar-refractivity contribution in [3.05, 3.63) is 22.2 Å². The molecule has 0 aromatic heterocycles. The molecule has 0 heterocycles. The highest BCUT2D eigenvalue weighted by atomic mass is 35.5. The molecule has 0 aliphatic carbocycles. The lowest BCUT2D eigenvalue weighted by Gasteiger charge is -2.10. The van der Waals surface area contributed by atoms with Gasteiger partial charge in [-0.05, 0) is 12.1 Å². The van der Waals surface area contributed by atoms with Crippen molar-refractivity contribution in [2.45, 2.75) is 12.8 Å². The minimum atomic E-state index is -0.522. The molecule has 0 atom stereocenters. The molecule has 0 aliphatic rings. The number of benzene rings is 1. The number of hydrogen-bond acceptors (Lipinski definition) is 4. The average Bonchev–Trinajstić information content (AvgIpc) is 2.36. The molecule has 0 fully saturated rings. The third-order valence-corrected chi connectivity index (χ3v) is 2.71. The number of rotatable bonds is 4. The number of hydrogen-bond donors (Lipinski definition) is 2. The van der Waals surface area contributed by atoms with Gasteiger partial charge in [0.05, 0.1) is 33.6 Å². The maximum atomic E-state index is 11.3. The molecule has 0 saturated heterocycles. The molecule has 6 nitrogen and oxygen atoms in total. The first kappa shape index (κ1) is 15.8. The predicted octanol–water partition coefficient (Wildman–Crippen LogP) is 2.70. The van der Waals surface area contributed by atoms with E-state index in [4.69, 9.17) is 33.7 Å². The normalized spacial score (nSPS) is 9.20. The summed E-state index contributed by atoms with van der Waals surface area (Å²) >= 11 is 11.9. The quantitative estimate of drug-likeness (QED) is 0.891. The van der Waals surface area contributed by atoms with E-state index in [2.05, 4.69) is 10.6 Å². The summed E-state index contributed by atoms with van der Waals surface area (Å²) in [5.74, 6) is -1.04. The molecule has 1 aromatic carbocycles. The van der Waals surface area contributed by atoms with Crippen LogP contribution in [0.3, 0.4) is 0 Å². The van der Waals surface area contributed by atoms with E-state index < -0.39 is 11.8 Å². The summed E-state index contributed by atoms with van der Waals surface area (Å²) in [7, 11) is 0. The van der Waals surface area contributed by atoms with E-state index >= 15 is 0 Å². The Balaban J connectivity index is 2.92. The number of nitrogens with one attached hydrogen (secondary N) is 2. The second kappa shape index (κ2) is 7.34. The number of halogens is 2.